The lowest BCUT2D eigenvalue weighted by Crippen LogP contribution is -2.30. The molecular formula is C18H22N6O3. The summed E-state index contributed by atoms with van der Waals surface area (Å²) in [5, 5.41) is 0. The molecule has 0 radical (unpaired) electrons. The summed E-state index contributed by atoms with van der Waals surface area (Å²) in [5.74, 6) is 0.957. The number of fused-ring (bicyclic) bond motifs is 1. The van der Waals surface area contributed by atoms with Crippen LogP contribution in [0.1, 0.15) is 18.9 Å². The van der Waals surface area contributed by atoms with Crippen molar-refractivity contribution in [2.45, 2.75) is 18.9 Å². The Morgan fingerprint density at radius 3 is 2.81 bits per heavy atom. The molecule has 0 bridgehead atoms. The Kier molecular flexibility index (Phi) is 4.53. The van der Waals surface area contributed by atoms with Crippen molar-refractivity contribution >= 4 is 22.8 Å². The molecule has 0 amide bonds. The maximum absolute atomic E-state index is 12.8. The molecule has 4 rings (SSSR count). The lowest BCUT2D eigenvalue weighted by Gasteiger charge is -2.23. The molecule has 142 valence electrons. The van der Waals surface area contributed by atoms with Crippen LogP contribution in [-0.2, 0) is 11.8 Å². The molecule has 4 heterocycles. The second kappa shape index (κ2) is 6.99. The first-order chi connectivity index (χ1) is 13.1. The van der Waals surface area contributed by atoms with Gasteiger partial charge >= 0.3 is 5.69 Å². The van der Waals surface area contributed by atoms with Crippen molar-refractivity contribution in [1.29, 1.82) is 0 Å². The van der Waals surface area contributed by atoms with Gasteiger partial charge in [0.1, 0.15) is 11.2 Å². The number of nitrogens with zero attached hydrogens (tertiary/aromatic N) is 6. The average Bonchev–Trinajstić information content (AvgIpc) is 2.98. The summed E-state index contributed by atoms with van der Waals surface area (Å²) in [4.78, 5) is 28.0. The van der Waals surface area contributed by atoms with E-state index in [2.05, 4.69) is 9.97 Å². The van der Waals surface area contributed by atoms with Crippen LogP contribution in [-0.4, -0.2) is 51.5 Å². The molecule has 9 nitrogen and oxygen atoms in total. The highest BCUT2D eigenvalue weighted by molar-refractivity contribution is 5.74. The molecule has 3 aromatic rings. The number of hydrogen-bond donors (Lipinski definition) is 0. The van der Waals surface area contributed by atoms with Crippen LogP contribution in [0.15, 0.2) is 29.3 Å². The number of hydrogen-bond acceptors (Lipinski definition) is 7. The van der Waals surface area contributed by atoms with Crippen LogP contribution in [0, 0.1) is 0 Å². The van der Waals surface area contributed by atoms with Crippen LogP contribution in [0.5, 0.6) is 5.88 Å². The van der Waals surface area contributed by atoms with Crippen molar-refractivity contribution in [3.8, 4) is 5.88 Å². The van der Waals surface area contributed by atoms with E-state index < -0.39 is 0 Å². The van der Waals surface area contributed by atoms with E-state index in [1.165, 1.54) is 0 Å². The fourth-order valence-electron chi connectivity index (χ4n) is 3.46. The van der Waals surface area contributed by atoms with Gasteiger partial charge in [0.2, 0.25) is 11.8 Å². The molecular weight excluding hydrogens is 348 g/mol. The third kappa shape index (κ3) is 2.93. The van der Waals surface area contributed by atoms with E-state index in [1.807, 2.05) is 19.2 Å². The quantitative estimate of drug-likeness (QED) is 0.690. The highest BCUT2D eigenvalue weighted by Gasteiger charge is 2.24. The van der Waals surface area contributed by atoms with Gasteiger partial charge in [-0.25, -0.2) is 14.8 Å². The summed E-state index contributed by atoms with van der Waals surface area (Å²) in [6.45, 7) is 1.30. The predicted molar refractivity (Wildman–Crippen MR) is 101 cm³/mol. The van der Waals surface area contributed by atoms with E-state index in [0.717, 1.165) is 18.5 Å². The average molecular weight is 370 g/mol. The first kappa shape index (κ1) is 17.5. The Morgan fingerprint density at radius 1 is 1.30 bits per heavy atom. The van der Waals surface area contributed by atoms with Gasteiger partial charge in [-0.3, -0.25) is 9.13 Å². The second-order valence-electron chi connectivity index (χ2n) is 6.52. The Labute approximate surface area is 156 Å². The summed E-state index contributed by atoms with van der Waals surface area (Å²) in [5.41, 5.74) is 2.01. The van der Waals surface area contributed by atoms with Gasteiger partial charge < -0.3 is 14.4 Å². The number of pyridine rings is 1. The summed E-state index contributed by atoms with van der Waals surface area (Å²) < 4.78 is 14.1. The maximum Gasteiger partial charge on any atom is 0.330 e. The normalized spacial score (nSPS) is 15.2. The molecule has 0 unspecified atom stereocenters. The van der Waals surface area contributed by atoms with Crippen molar-refractivity contribution in [2.75, 3.05) is 32.3 Å². The minimum absolute atomic E-state index is 0.0787. The largest absolute Gasteiger partial charge is 0.480 e. The predicted octanol–water partition coefficient (Wildman–Crippen LogP) is 1.65. The van der Waals surface area contributed by atoms with Crippen LogP contribution in [0.2, 0.25) is 0 Å². The fraction of sp³-hybridized carbons (Fsp3) is 0.444. The van der Waals surface area contributed by atoms with Crippen LogP contribution >= 0.6 is 0 Å². The number of imidazole rings is 1. The van der Waals surface area contributed by atoms with Gasteiger partial charge in [0.15, 0.2) is 5.65 Å². The molecule has 0 N–H and O–H groups in total. The number of aryl methyl sites for hydroxylation is 1. The van der Waals surface area contributed by atoms with Crippen molar-refractivity contribution < 1.29 is 9.47 Å². The maximum atomic E-state index is 12.8. The van der Waals surface area contributed by atoms with Crippen molar-refractivity contribution in [1.82, 2.24) is 24.1 Å². The topological polar surface area (TPSA) is 87.3 Å². The highest BCUT2D eigenvalue weighted by atomic mass is 16.5. The van der Waals surface area contributed by atoms with Crippen molar-refractivity contribution in [3.05, 3.63) is 35.0 Å². The smallest absolute Gasteiger partial charge is 0.330 e. The molecule has 27 heavy (non-hydrogen) atoms. The molecule has 0 aromatic carbocycles. The van der Waals surface area contributed by atoms with Gasteiger partial charge in [0.05, 0.1) is 13.3 Å². The van der Waals surface area contributed by atoms with E-state index in [-0.39, 0.29) is 11.7 Å². The Morgan fingerprint density at radius 2 is 2.07 bits per heavy atom. The Balaban J connectivity index is 1.83. The van der Waals surface area contributed by atoms with Crippen LogP contribution in [0.25, 0.3) is 11.2 Å². The summed E-state index contributed by atoms with van der Waals surface area (Å²) in [6.07, 6.45) is 4.95. The highest BCUT2D eigenvalue weighted by Crippen LogP contribution is 2.30. The van der Waals surface area contributed by atoms with E-state index in [1.54, 1.807) is 40.6 Å². The van der Waals surface area contributed by atoms with Crippen LogP contribution in [0.3, 0.4) is 0 Å². The standard InChI is InChI=1S/C18H22N6O3/c1-22(13-5-4-8-19-16(13)26-3)17-20-11-14-15(21-17)24(18(25)23(14)2)12-6-9-27-10-7-12/h4-5,8,11-12H,6-7,9-10H2,1-3H3. The number of rotatable bonds is 4. The third-order valence-electron chi connectivity index (χ3n) is 4.98. The van der Waals surface area contributed by atoms with E-state index in [0.29, 0.717) is 36.2 Å². The summed E-state index contributed by atoms with van der Waals surface area (Å²) in [7, 11) is 5.17. The van der Waals surface area contributed by atoms with Crippen molar-refractivity contribution in [3.63, 3.8) is 0 Å². The molecule has 0 spiro atoms. The minimum atomic E-state index is -0.0787. The number of methoxy groups -OCH3 is 1. The van der Waals surface area contributed by atoms with Gasteiger partial charge in [0, 0.05) is 39.5 Å². The van der Waals surface area contributed by atoms with E-state index in [9.17, 15) is 4.79 Å². The SMILES string of the molecule is COc1ncccc1N(C)c1ncc2c(n1)n(C1CCOCC1)c(=O)n2C. The van der Waals surface area contributed by atoms with Gasteiger partial charge in [-0.1, -0.05) is 0 Å². The van der Waals surface area contributed by atoms with Crippen LogP contribution < -0.4 is 15.3 Å². The molecule has 0 aliphatic carbocycles. The Bertz CT molecular complexity index is 1020. The fourth-order valence-corrected chi connectivity index (χ4v) is 3.46. The number of anilines is 2. The Hall–Kier alpha value is -2.94. The van der Waals surface area contributed by atoms with E-state index in [4.69, 9.17) is 14.5 Å². The molecule has 0 saturated carbocycles. The van der Waals surface area contributed by atoms with Crippen LogP contribution in [0.4, 0.5) is 11.6 Å². The first-order valence-corrected chi connectivity index (χ1v) is 8.86. The molecule has 1 saturated heterocycles. The van der Waals surface area contributed by atoms with Gasteiger partial charge in [-0.2, -0.15) is 4.98 Å². The molecule has 0 atom stereocenters. The lowest BCUT2D eigenvalue weighted by atomic mass is 10.1. The zero-order valence-corrected chi connectivity index (χ0v) is 15.6. The zero-order valence-electron chi connectivity index (χ0n) is 15.6. The minimum Gasteiger partial charge on any atom is -0.480 e. The summed E-state index contributed by atoms with van der Waals surface area (Å²) in [6, 6.07) is 3.79. The van der Waals surface area contributed by atoms with Gasteiger partial charge in [0.25, 0.3) is 0 Å². The molecule has 1 fully saturated rings. The molecule has 9 heteroatoms. The summed E-state index contributed by atoms with van der Waals surface area (Å²) >= 11 is 0. The van der Waals surface area contributed by atoms with E-state index >= 15 is 0 Å². The lowest BCUT2D eigenvalue weighted by molar-refractivity contribution is 0.0695. The third-order valence-corrected chi connectivity index (χ3v) is 4.98. The number of aromatic nitrogens is 5. The second-order valence-corrected chi connectivity index (χ2v) is 6.52. The first-order valence-electron chi connectivity index (χ1n) is 8.86. The van der Waals surface area contributed by atoms with Crippen molar-refractivity contribution in [2.24, 2.45) is 7.05 Å². The molecule has 1 aliphatic heterocycles. The molecule has 3 aromatic heterocycles. The monoisotopic (exact) mass is 370 g/mol. The zero-order chi connectivity index (χ0) is 19.0. The van der Waals surface area contributed by atoms with Gasteiger partial charge in [-0.05, 0) is 25.0 Å². The van der Waals surface area contributed by atoms with Gasteiger partial charge in [-0.15, -0.1) is 0 Å². The molecule has 1 aliphatic rings. The number of ether oxygens (including phenoxy) is 2.